The molecule has 2 aromatic carbocycles. The van der Waals surface area contributed by atoms with Gasteiger partial charge in [0.15, 0.2) is 0 Å². The monoisotopic (exact) mass is 704 g/mol. The first-order chi connectivity index (χ1) is 23.6. The number of methoxy groups -OCH3 is 1. The number of halogens is 3. The number of nitrogens with one attached hydrogen (secondary N) is 3. The minimum atomic E-state index is -0.529. The molecule has 1 saturated heterocycles. The number of aliphatic hydroxyl groups is 1. The van der Waals surface area contributed by atoms with Crippen molar-refractivity contribution in [2.75, 3.05) is 20.2 Å². The van der Waals surface area contributed by atoms with E-state index in [1.54, 1.807) is 37.4 Å². The Morgan fingerprint density at radius 2 is 1.76 bits per heavy atom. The van der Waals surface area contributed by atoms with E-state index in [4.69, 9.17) is 27.9 Å². The van der Waals surface area contributed by atoms with Gasteiger partial charge in [0.1, 0.15) is 11.5 Å². The first kappa shape index (κ1) is 34.5. The molecule has 0 spiro atoms. The fourth-order valence-electron chi connectivity index (χ4n) is 5.91. The van der Waals surface area contributed by atoms with Crippen molar-refractivity contribution >= 4 is 34.8 Å². The molecule has 1 fully saturated rings. The molecule has 0 aliphatic carbocycles. The average molecular weight is 706 g/mol. The number of benzene rings is 2. The number of aliphatic hydroxyl groups excluding tert-OH is 1. The smallest absolute Gasteiger partial charge is 0.262 e. The first-order valence-electron chi connectivity index (χ1n) is 15.8. The molecule has 1 aliphatic rings. The van der Waals surface area contributed by atoms with E-state index in [9.17, 15) is 14.7 Å². The highest BCUT2D eigenvalue weighted by Crippen LogP contribution is 2.42. The quantitative estimate of drug-likeness (QED) is 0.136. The number of hydrogen-bond donors (Lipinski definition) is 4. The van der Waals surface area contributed by atoms with Crippen molar-refractivity contribution in [2.45, 2.75) is 45.0 Å². The van der Waals surface area contributed by atoms with Crippen LogP contribution in [0.3, 0.4) is 0 Å². The number of rotatable bonds is 12. The third kappa shape index (κ3) is 7.46. The van der Waals surface area contributed by atoms with Gasteiger partial charge >= 0.3 is 0 Å². The summed E-state index contributed by atoms with van der Waals surface area (Å²) in [6.07, 6.45) is 3.89. The van der Waals surface area contributed by atoms with Gasteiger partial charge in [-0.2, -0.15) is 0 Å². The molecule has 4 N–H and O–H groups in total. The van der Waals surface area contributed by atoms with Gasteiger partial charge in [-0.1, -0.05) is 59.6 Å². The highest BCUT2D eigenvalue weighted by atomic mass is 35.5. The molecule has 3 aromatic heterocycles. The lowest BCUT2D eigenvalue weighted by atomic mass is 9.97. The van der Waals surface area contributed by atoms with Crippen molar-refractivity contribution in [1.29, 1.82) is 0 Å². The Bertz CT molecular complexity index is 2090. The van der Waals surface area contributed by atoms with E-state index < -0.39 is 11.9 Å². The summed E-state index contributed by atoms with van der Waals surface area (Å²) in [4.78, 5) is 33.6. The predicted octanol–water partition coefficient (Wildman–Crippen LogP) is 5.38. The predicted molar refractivity (Wildman–Crippen MR) is 188 cm³/mol. The summed E-state index contributed by atoms with van der Waals surface area (Å²) in [5.41, 5.74) is 4.54. The molecule has 2 atom stereocenters. The number of aromatic nitrogens is 3. The van der Waals surface area contributed by atoms with Crippen molar-refractivity contribution in [3.8, 4) is 39.4 Å². The van der Waals surface area contributed by atoms with Gasteiger partial charge in [-0.25, -0.2) is 14.4 Å². The summed E-state index contributed by atoms with van der Waals surface area (Å²) in [5.74, 6) is -0.351. The van der Waals surface area contributed by atoms with Gasteiger partial charge in [0, 0.05) is 84.9 Å². The lowest BCUT2D eigenvalue weighted by Crippen LogP contribution is -2.35. The van der Waals surface area contributed by atoms with Crippen LogP contribution < -0.4 is 26.2 Å². The van der Waals surface area contributed by atoms with Gasteiger partial charge in [-0.15, -0.1) is 0 Å². The zero-order valence-electron chi connectivity index (χ0n) is 26.9. The summed E-state index contributed by atoms with van der Waals surface area (Å²) in [5, 5.41) is 19.4. The van der Waals surface area contributed by atoms with E-state index in [-0.39, 0.29) is 42.0 Å². The maximum Gasteiger partial charge on any atom is 0.262 e. The van der Waals surface area contributed by atoms with Crippen LogP contribution in [0.25, 0.3) is 39.2 Å². The maximum absolute atomic E-state index is 15.5. The second kappa shape index (κ2) is 15.0. The molecule has 5 aromatic rings. The molecule has 4 heterocycles. The normalized spacial score (nSPS) is 15.1. The lowest BCUT2D eigenvalue weighted by Gasteiger charge is -2.16. The summed E-state index contributed by atoms with van der Waals surface area (Å²) in [6, 6.07) is 15.9. The SMILES string of the molecule is COc1nc(-c2cccc(-c3cccc(-c4ccn5c(=O)c(CNC[C@H](C)O)cnc5c4)c3Cl)c2Cl)cc(F)c1CNC[C@H]1CCC(=O)N1. The number of carbonyl (C=O) groups is 1. The van der Waals surface area contributed by atoms with E-state index >= 15 is 4.39 Å². The number of pyridine rings is 2. The minimum Gasteiger partial charge on any atom is -0.481 e. The Kier molecular flexibility index (Phi) is 10.6. The zero-order chi connectivity index (χ0) is 34.7. The van der Waals surface area contributed by atoms with Crippen LogP contribution in [-0.4, -0.2) is 57.7 Å². The molecular weight excluding hydrogens is 670 g/mol. The Hall–Kier alpha value is -4.39. The Morgan fingerprint density at radius 3 is 2.45 bits per heavy atom. The Morgan fingerprint density at radius 1 is 1.04 bits per heavy atom. The van der Waals surface area contributed by atoms with Crippen LogP contribution in [0.1, 0.15) is 30.9 Å². The van der Waals surface area contributed by atoms with Gasteiger partial charge < -0.3 is 25.8 Å². The van der Waals surface area contributed by atoms with Crippen molar-refractivity contribution in [3.05, 3.63) is 104 Å². The summed E-state index contributed by atoms with van der Waals surface area (Å²) in [7, 11) is 1.43. The van der Waals surface area contributed by atoms with E-state index in [0.29, 0.717) is 68.7 Å². The van der Waals surface area contributed by atoms with Gasteiger partial charge in [-0.05, 0) is 31.0 Å². The lowest BCUT2D eigenvalue weighted by molar-refractivity contribution is -0.119. The number of hydrogen-bond acceptors (Lipinski definition) is 8. The number of nitrogens with zero attached hydrogens (tertiary/aromatic N) is 3. The summed E-state index contributed by atoms with van der Waals surface area (Å²) >= 11 is 14.0. The topological polar surface area (TPSA) is 130 Å². The fraction of sp³-hybridized carbons (Fsp3) is 0.278. The number of carbonyl (C=O) groups excluding carboxylic acids is 1. The molecule has 6 rings (SSSR count). The van der Waals surface area contributed by atoms with E-state index in [0.717, 1.165) is 12.0 Å². The molecule has 0 saturated carbocycles. The zero-order valence-corrected chi connectivity index (χ0v) is 28.4. The van der Waals surface area contributed by atoms with Gasteiger partial charge in [0.2, 0.25) is 11.8 Å². The molecule has 10 nitrogen and oxygen atoms in total. The summed E-state index contributed by atoms with van der Waals surface area (Å²) in [6.45, 7) is 2.99. The summed E-state index contributed by atoms with van der Waals surface area (Å²) < 4.78 is 22.5. The standard InChI is InChI=1S/C36H35Cl2FN6O4/c1-20(46)15-40-16-22-17-42-31-13-21(11-12-45(31)36(22)48)24-5-3-6-25(33(24)37)26-7-4-8-27(34(26)38)30-14-29(39)28(35(44-30)49-2)19-41-18-23-9-10-32(47)43-23/h3-8,11-14,17,20,23,40-41,46H,9-10,15-16,18-19H2,1-2H3,(H,43,47)/t20-,23+/m0/s1. The van der Waals surface area contributed by atoms with Crippen LogP contribution in [0.4, 0.5) is 4.39 Å². The molecule has 1 aliphatic heterocycles. The third-order valence-corrected chi connectivity index (χ3v) is 9.23. The molecule has 0 radical (unpaired) electrons. The first-order valence-corrected chi connectivity index (χ1v) is 16.6. The van der Waals surface area contributed by atoms with Crippen LogP contribution in [0, 0.1) is 5.82 Å². The van der Waals surface area contributed by atoms with Gasteiger partial charge in [0.05, 0.1) is 34.5 Å². The molecule has 0 bridgehead atoms. The third-order valence-electron chi connectivity index (χ3n) is 8.41. The Labute approximate surface area is 292 Å². The number of ether oxygens (including phenoxy) is 1. The van der Waals surface area contributed by atoms with Crippen LogP contribution in [0.15, 0.2) is 71.8 Å². The van der Waals surface area contributed by atoms with Gasteiger partial charge in [-0.3, -0.25) is 14.0 Å². The van der Waals surface area contributed by atoms with Crippen LogP contribution >= 0.6 is 23.2 Å². The van der Waals surface area contributed by atoms with Crippen molar-refractivity contribution in [2.24, 2.45) is 0 Å². The Balaban J connectivity index is 1.28. The fourth-order valence-corrected chi connectivity index (χ4v) is 6.57. The maximum atomic E-state index is 15.5. The minimum absolute atomic E-state index is 0.00600. The van der Waals surface area contributed by atoms with Gasteiger partial charge in [0.25, 0.3) is 5.56 Å². The molecule has 13 heteroatoms. The number of amides is 1. The van der Waals surface area contributed by atoms with Crippen molar-refractivity contribution < 1.29 is 19.0 Å². The second-order valence-corrected chi connectivity index (χ2v) is 12.7. The molecular formula is C36H35Cl2FN6O4. The van der Waals surface area contributed by atoms with E-state index in [1.165, 1.54) is 23.8 Å². The van der Waals surface area contributed by atoms with E-state index in [1.807, 2.05) is 24.3 Å². The van der Waals surface area contributed by atoms with Crippen molar-refractivity contribution in [1.82, 2.24) is 30.3 Å². The molecule has 254 valence electrons. The number of fused-ring (bicyclic) bond motifs is 1. The highest BCUT2D eigenvalue weighted by Gasteiger charge is 2.22. The van der Waals surface area contributed by atoms with E-state index in [2.05, 4.69) is 25.9 Å². The van der Waals surface area contributed by atoms with Crippen LogP contribution in [0.5, 0.6) is 5.88 Å². The average Bonchev–Trinajstić information content (AvgIpc) is 3.51. The molecule has 49 heavy (non-hydrogen) atoms. The highest BCUT2D eigenvalue weighted by molar-refractivity contribution is 6.39. The van der Waals surface area contributed by atoms with Crippen LogP contribution in [0.2, 0.25) is 10.0 Å². The second-order valence-electron chi connectivity index (χ2n) is 12.0. The molecule has 1 amide bonds. The molecule has 0 unspecified atom stereocenters. The van der Waals surface area contributed by atoms with Crippen LogP contribution in [-0.2, 0) is 17.9 Å². The largest absolute Gasteiger partial charge is 0.481 e. The van der Waals surface area contributed by atoms with Crippen molar-refractivity contribution in [3.63, 3.8) is 0 Å².